The van der Waals surface area contributed by atoms with Crippen molar-refractivity contribution in [3.8, 4) is 0 Å². The molecule has 146 valence electrons. The molecule has 0 atom stereocenters. The van der Waals surface area contributed by atoms with E-state index in [1.165, 1.54) is 0 Å². The predicted molar refractivity (Wildman–Crippen MR) is 79.1 cm³/mol. The average Bonchev–Trinajstić information content (AvgIpc) is 2.16. The van der Waals surface area contributed by atoms with Gasteiger partial charge in [0.1, 0.15) is 23.5 Å². The standard InChI is InChI=1S/C6H16N2O12S4/c9-21(10,11)3-7(4-22(12,13)14)1-2-8(5-23(15,16)17)6-24(18,19)20/h1-6H2,(H,9,10,11)(H,12,13,14)(H,15,16,17)(H,18,19,20). The summed E-state index contributed by atoms with van der Waals surface area (Å²) in [6.45, 7) is -1.32. The van der Waals surface area contributed by atoms with E-state index in [0.29, 0.717) is 9.80 Å². The minimum absolute atomic E-state index is 0.450. The maximum absolute atomic E-state index is 10.8. The Kier molecular flexibility index (Phi) is 8.14. The van der Waals surface area contributed by atoms with Gasteiger partial charge >= 0.3 is 0 Å². The Morgan fingerprint density at radius 3 is 0.750 bits per heavy atom. The molecule has 0 heterocycles. The lowest BCUT2D eigenvalue weighted by atomic mass is 10.5. The van der Waals surface area contributed by atoms with E-state index in [9.17, 15) is 33.7 Å². The van der Waals surface area contributed by atoms with E-state index in [0.717, 1.165) is 0 Å². The minimum Gasteiger partial charge on any atom is -0.285 e. The summed E-state index contributed by atoms with van der Waals surface area (Å²) in [5.41, 5.74) is 0. The number of hydrogen-bond donors (Lipinski definition) is 4. The Morgan fingerprint density at radius 2 is 0.625 bits per heavy atom. The van der Waals surface area contributed by atoms with Gasteiger partial charge in [0.2, 0.25) is 0 Å². The number of hydrogen-bond acceptors (Lipinski definition) is 10. The van der Waals surface area contributed by atoms with E-state index < -0.39 is 77.1 Å². The summed E-state index contributed by atoms with van der Waals surface area (Å²) in [7, 11) is -18.9. The van der Waals surface area contributed by atoms with Gasteiger partial charge in [-0.2, -0.15) is 33.7 Å². The molecule has 0 rings (SSSR count). The molecule has 0 saturated heterocycles. The molecule has 0 aromatic carbocycles. The van der Waals surface area contributed by atoms with Gasteiger partial charge in [-0.15, -0.1) is 0 Å². The molecular weight excluding hydrogens is 420 g/mol. The highest BCUT2D eigenvalue weighted by atomic mass is 32.2. The largest absolute Gasteiger partial charge is 0.285 e. The lowest BCUT2D eigenvalue weighted by Gasteiger charge is -2.24. The molecule has 0 fully saturated rings. The zero-order valence-electron chi connectivity index (χ0n) is 11.8. The maximum atomic E-state index is 10.8. The second-order valence-corrected chi connectivity index (χ2v) is 10.3. The van der Waals surface area contributed by atoms with Crippen molar-refractivity contribution in [3.05, 3.63) is 0 Å². The molecule has 18 heteroatoms. The molecule has 0 spiro atoms. The normalized spacial score (nSPS) is 14.4. The highest BCUT2D eigenvalue weighted by Gasteiger charge is 2.23. The molecule has 0 aromatic heterocycles. The van der Waals surface area contributed by atoms with Crippen molar-refractivity contribution in [3.63, 3.8) is 0 Å². The van der Waals surface area contributed by atoms with Crippen LogP contribution in [0, 0.1) is 0 Å². The van der Waals surface area contributed by atoms with Crippen LogP contribution in [0.3, 0.4) is 0 Å². The fourth-order valence-corrected chi connectivity index (χ4v) is 4.50. The van der Waals surface area contributed by atoms with Crippen LogP contribution in [0.5, 0.6) is 0 Å². The number of nitrogens with zero attached hydrogens (tertiary/aromatic N) is 2. The summed E-state index contributed by atoms with van der Waals surface area (Å²) >= 11 is 0. The smallest absolute Gasteiger partial charge is 0.278 e. The monoisotopic (exact) mass is 436 g/mol. The van der Waals surface area contributed by atoms with E-state index >= 15 is 0 Å². The van der Waals surface area contributed by atoms with E-state index in [1.807, 2.05) is 0 Å². The lowest BCUT2D eigenvalue weighted by Crippen LogP contribution is -2.43. The Balaban J connectivity index is 5.20. The third kappa shape index (κ3) is 15.1. The molecule has 0 bridgehead atoms. The van der Waals surface area contributed by atoms with Crippen LogP contribution in [-0.4, -0.2) is 98.3 Å². The van der Waals surface area contributed by atoms with Gasteiger partial charge in [0.15, 0.2) is 0 Å². The van der Waals surface area contributed by atoms with Crippen LogP contribution < -0.4 is 0 Å². The summed E-state index contributed by atoms with van der Waals surface area (Å²) < 4.78 is 121. The van der Waals surface area contributed by atoms with Crippen LogP contribution in [0.4, 0.5) is 0 Å². The fraction of sp³-hybridized carbons (Fsp3) is 1.00. The summed E-state index contributed by atoms with van der Waals surface area (Å²) in [6, 6.07) is 0. The third-order valence-corrected chi connectivity index (χ3v) is 4.88. The highest BCUT2D eigenvalue weighted by Crippen LogP contribution is 2.02. The minimum atomic E-state index is -4.72. The summed E-state index contributed by atoms with van der Waals surface area (Å²) in [4.78, 5) is 0.900. The molecule has 14 nitrogen and oxygen atoms in total. The van der Waals surface area contributed by atoms with Gasteiger partial charge < -0.3 is 0 Å². The molecule has 24 heavy (non-hydrogen) atoms. The number of rotatable bonds is 11. The maximum Gasteiger partial charge on any atom is 0.278 e. The van der Waals surface area contributed by atoms with Gasteiger partial charge in [-0.25, -0.2) is 0 Å². The first kappa shape index (κ1) is 23.6. The van der Waals surface area contributed by atoms with Crippen molar-refractivity contribution < 1.29 is 51.9 Å². The third-order valence-electron chi connectivity index (χ3n) is 2.12. The van der Waals surface area contributed by atoms with Crippen molar-refractivity contribution in [2.75, 3.05) is 36.6 Å². The summed E-state index contributed by atoms with van der Waals surface area (Å²) in [5.74, 6) is -5.06. The molecule has 0 saturated carbocycles. The predicted octanol–water partition coefficient (Wildman–Crippen LogP) is -3.03. The fourth-order valence-electron chi connectivity index (χ4n) is 1.54. The van der Waals surface area contributed by atoms with E-state index in [2.05, 4.69) is 0 Å². The van der Waals surface area contributed by atoms with E-state index in [1.54, 1.807) is 0 Å². The first-order valence-electron chi connectivity index (χ1n) is 5.62. The average molecular weight is 436 g/mol. The Morgan fingerprint density at radius 1 is 0.458 bits per heavy atom. The molecule has 0 aliphatic carbocycles. The first-order valence-corrected chi connectivity index (χ1v) is 12.1. The van der Waals surface area contributed by atoms with Crippen molar-refractivity contribution in [1.29, 1.82) is 0 Å². The van der Waals surface area contributed by atoms with E-state index in [4.69, 9.17) is 18.2 Å². The molecule has 4 N–H and O–H groups in total. The van der Waals surface area contributed by atoms with Crippen LogP contribution in [0.15, 0.2) is 0 Å². The van der Waals surface area contributed by atoms with Crippen LogP contribution in [0.25, 0.3) is 0 Å². The quantitative estimate of drug-likeness (QED) is 0.236. The van der Waals surface area contributed by atoms with Crippen LogP contribution in [0.1, 0.15) is 0 Å². The molecule has 0 aromatic rings. The van der Waals surface area contributed by atoms with Crippen molar-refractivity contribution in [2.45, 2.75) is 0 Å². The van der Waals surface area contributed by atoms with Crippen LogP contribution >= 0.6 is 0 Å². The Bertz CT molecular complexity index is 686. The van der Waals surface area contributed by atoms with Crippen molar-refractivity contribution >= 4 is 40.5 Å². The SMILES string of the molecule is O=S(=O)(O)CN(CCN(CS(=O)(=O)O)CS(=O)(=O)O)CS(=O)(=O)O. The molecular formula is C6H16N2O12S4. The topological polar surface area (TPSA) is 224 Å². The zero-order valence-corrected chi connectivity index (χ0v) is 15.1. The van der Waals surface area contributed by atoms with Gasteiger partial charge in [-0.1, -0.05) is 0 Å². The molecule has 0 unspecified atom stereocenters. The van der Waals surface area contributed by atoms with Gasteiger partial charge in [0, 0.05) is 13.1 Å². The summed E-state index contributed by atoms with van der Waals surface area (Å²) in [5, 5.41) is 0. The molecule has 0 amide bonds. The van der Waals surface area contributed by atoms with Gasteiger partial charge in [0.05, 0.1) is 0 Å². The molecule has 0 radical (unpaired) electrons. The Hall–Kier alpha value is -0.440. The second kappa shape index (κ2) is 8.29. The van der Waals surface area contributed by atoms with Crippen molar-refractivity contribution in [2.24, 2.45) is 0 Å². The highest BCUT2D eigenvalue weighted by molar-refractivity contribution is 7.87. The molecule has 0 aliphatic rings. The first-order chi connectivity index (χ1) is 10.4. The van der Waals surface area contributed by atoms with Gasteiger partial charge in [0.25, 0.3) is 40.5 Å². The summed E-state index contributed by atoms with van der Waals surface area (Å²) in [6.07, 6.45) is 0. The zero-order chi connectivity index (χ0) is 19.4. The second-order valence-electron chi connectivity index (χ2n) is 4.63. The van der Waals surface area contributed by atoms with Gasteiger partial charge in [-0.3, -0.25) is 28.0 Å². The van der Waals surface area contributed by atoms with Crippen LogP contribution in [-0.2, 0) is 40.5 Å². The lowest BCUT2D eigenvalue weighted by molar-refractivity contribution is 0.261. The van der Waals surface area contributed by atoms with E-state index in [-0.39, 0.29) is 0 Å². The van der Waals surface area contributed by atoms with Crippen molar-refractivity contribution in [1.82, 2.24) is 9.80 Å². The van der Waals surface area contributed by atoms with Crippen LogP contribution in [0.2, 0.25) is 0 Å². The Labute approximate surface area is 139 Å². The van der Waals surface area contributed by atoms with Gasteiger partial charge in [-0.05, 0) is 0 Å². The molecule has 0 aliphatic heterocycles.